The predicted molar refractivity (Wildman–Crippen MR) is 84.3 cm³/mol. The van der Waals surface area contributed by atoms with Gasteiger partial charge in [-0.2, -0.15) is 0 Å². The van der Waals surface area contributed by atoms with Crippen LogP contribution in [0, 0.1) is 0 Å². The molecule has 2 rings (SSSR count). The monoisotopic (exact) mass is 334 g/mol. The number of carbonyl (C=O) groups is 1. The zero-order valence-corrected chi connectivity index (χ0v) is 12.8. The van der Waals surface area contributed by atoms with E-state index in [1.165, 1.54) is 12.0 Å². The molecule has 0 heterocycles. The van der Waals surface area contributed by atoms with Gasteiger partial charge in [-0.15, -0.1) is 0 Å². The van der Waals surface area contributed by atoms with Crippen LogP contribution in [0.4, 0.5) is 11.4 Å². The van der Waals surface area contributed by atoms with Gasteiger partial charge in [0, 0.05) is 11.5 Å². The zero-order valence-electron chi connectivity index (χ0n) is 11.3. The molecular weight excluding hydrogens is 320 g/mol. The van der Waals surface area contributed by atoms with Gasteiger partial charge in [0.25, 0.3) is 5.91 Å². The van der Waals surface area contributed by atoms with E-state index in [-0.39, 0.29) is 5.91 Å². The summed E-state index contributed by atoms with van der Waals surface area (Å²) in [7, 11) is 3.23. The second kappa shape index (κ2) is 5.96. The van der Waals surface area contributed by atoms with E-state index >= 15 is 0 Å². The topological polar surface area (TPSA) is 55.6 Å². The molecule has 0 bridgehead atoms. The number of ether oxygens (including phenoxy) is 1. The van der Waals surface area contributed by atoms with Gasteiger partial charge in [-0.3, -0.25) is 4.79 Å². The summed E-state index contributed by atoms with van der Waals surface area (Å²) in [4.78, 5) is 14.1. The standard InChI is InChI=1S/C15H15BrN2O2/c1-18(13-6-4-3-5-12(13)17)15(19)11-8-7-10(16)9-14(11)20-2/h3-9H,17H2,1-2H3. The van der Waals surface area contributed by atoms with Gasteiger partial charge in [0.1, 0.15) is 5.75 Å². The average Bonchev–Trinajstić information content (AvgIpc) is 2.46. The molecule has 0 fully saturated rings. The molecule has 1 amide bonds. The Morgan fingerprint density at radius 2 is 1.95 bits per heavy atom. The van der Waals surface area contributed by atoms with E-state index in [4.69, 9.17) is 10.5 Å². The Kier molecular flexibility index (Phi) is 4.29. The molecule has 0 radical (unpaired) electrons. The lowest BCUT2D eigenvalue weighted by molar-refractivity contribution is 0.0990. The molecule has 2 aromatic carbocycles. The lowest BCUT2D eigenvalue weighted by Gasteiger charge is -2.20. The largest absolute Gasteiger partial charge is 0.496 e. The van der Waals surface area contributed by atoms with E-state index in [1.54, 1.807) is 37.4 Å². The molecule has 2 aromatic rings. The minimum Gasteiger partial charge on any atom is -0.496 e. The molecule has 20 heavy (non-hydrogen) atoms. The summed E-state index contributed by atoms with van der Waals surface area (Å²) in [6, 6.07) is 12.5. The van der Waals surface area contributed by atoms with Gasteiger partial charge < -0.3 is 15.4 Å². The molecule has 0 spiro atoms. The highest BCUT2D eigenvalue weighted by Crippen LogP contribution is 2.28. The number of amides is 1. The van der Waals surface area contributed by atoms with E-state index < -0.39 is 0 Å². The van der Waals surface area contributed by atoms with Gasteiger partial charge in [0.2, 0.25) is 0 Å². The van der Waals surface area contributed by atoms with Crippen LogP contribution in [-0.2, 0) is 0 Å². The molecule has 2 N–H and O–H groups in total. The Balaban J connectivity index is 2.39. The summed E-state index contributed by atoms with van der Waals surface area (Å²) in [5.41, 5.74) is 7.61. The number of methoxy groups -OCH3 is 1. The second-order valence-corrected chi connectivity index (χ2v) is 5.18. The first kappa shape index (κ1) is 14.4. The number of halogens is 1. The number of carbonyl (C=O) groups excluding carboxylic acids is 1. The fourth-order valence-electron chi connectivity index (χ4n) is 1.92. The van der Waals surface area contributed by atoms with Gasteiger partial charge in [-0.25, -0.2) is 0 Å². The van der Waals surface area contributed by atoms with E-state index in [2.05, 4.69) is 15.9 Å². The van der Waals surface area contributed by atoms with Crippen LogP contribution in [0.15, 0.2) is 46.9 Å². The van der Waals surface area contributed by atoms with Crippen LogP contribution in [-0.4, -0.2) is 20.1 Å². The molecule has 0 atom stereocenters. The smallest absolute Gasteiger partial charge is 0.261 e. The summed E-state index contributed by atoms with van der Waals surface area (Å²) in [5.74, 6) is 0.345. The van der Waals surface area contributed by atoms with E-state index in [1.807, 2.05) is 12.1 Å². The Labute approximate surface area is 126 Å². The number of benzene rings is 2. The minimum atomic E-state index is -0.174. The van der Waals surface area contributed by atoms with Crippen molar-refractivity contribution < 1.29 is 9.53 Å². The fourth-order valence-corrected chi connectivity index (χ4v) is 2.26. The van der Waals surface area contributed by atoms with Crippen molar-refractivity contribution in [1.82, 2.24) is 0 Å². The van der Waals surface area contributed by atoms with Crippen LogP contribution >= 0.6 is 15.9 Å². The van der Waals surface area contributed by atoms with Gasteiger partial charge in [0.15, 0.2) is 0 Å². The molecule has 104 valence electrons. The summed E-state index contributed by atoms with van der Waals surface area (Å²) in [6.07, 6.45) is 0. The number of rotatable bonds is 3. The maximum atomic E-state index is 12.6. The number of anilines is 2. The Hall–Kier alpha value is -2.01. The molecule has 0 aromatic heterocycles. The van der Waals surface area contributed by atoms with Crippen LogP contribution in [0.2, 0.25) is 0 Å². The quantitative estimate of drug-likeness (QED) is 0.876. The Morgan fingerprint density at radius 3 is 2.60 bits per heavy atom. The van der Waals surface area contributed by atoms with Crippen molar-refractivity contribution in [3.63, 3.8) is 0 Å². The van der Waals surface area contributed by atoms with Crippen molar-refractivity contribution in [2.45, 2.75) is 0 Å². The van der Waals surface area contributed by atoms with Crippen molar-refractivity contribution in [3.05, 3.63) is 52.5 Å². The maximum Gasteiger partial charge on any atom is 0.261 e. The molecule has 5 heteroatoms. The zero-order chi connectivity index (χ0) is 14.7. The second-order valence-electron chi connectivity index (χ2n) is 4.27. The van der Waals surface area contributed by atoms with E-state index in [0.29, 0.717) is 22.7 Å². The number of para-hydroxylation sites is 2. The highest BCUT2D eigenvalue weighted by Gasteiger charge is 2.19. The molecule has 0 saturated heterocycles. The third-order valence-corrected chi connectivity index (χ3v) is 3.49. The SMILES string of the molecule is COc1cc(Br)ccc1C(=O)N(C)c1ccccc1N. The van der Waals surface area contributed by atoms with E-state index in [9.17, 15) is 4.79 Å². The first-order chi connectivity index (χ1) is 9.54. The lowest BCUT2D eigenvalue weighted by Crippen LogP contribution is -2.27. The highest BCUT2D eigenvalue weighted by atomic mass is 79.9. The van der Waals surface area contributed by atoms with Crippen molar-refractivity contribution >= 4 is 33.2 Å². The third-order valence-electron chi connectivity index (χ3n) is 3.00. The Bertz CT molecular complexity index is 644. The van der Waals surface area contributed by atoms with E-state index in [0.717, 1.165) is 4.47 Å². The molecule has 0 unspecified atom stereocenters. The maximum absolute atomic E-state index is 12.6. The van der Waals surface area contributed by atoms with Crippen molar-refractivity contribution in [1.29, 1.82) is 0 Å². The summed E-state index contributed by atoms with van der Waals surface area (Å²) in [6.45, 7) is 0. The van der Waals surface area contributed by atoms with Gasteiger partial charge in [0.05, 0.1) is 24.0 Å². The number of nitrogens with zero attached hydrogens (tertiary/aromatic N) is 1. The van der Waals surface area contributed by atoms with Crippen LogP contribution in [0.3, 0.4) is 0 Å². The van der Waals surface area contributed by atoms with Gasteiger partial charge in [-0.1, -0.05) is 28.1 Å². The van der Waals surface area contributed by atoms with Crippen molar-refractivity contribution in [2.75, 3.05) is 24.8 Å². The third kappa shape index (κ3) is 2.77. The number of nitrogens with two attached hydrogens (primary N) is 1. The molecule has 0 aliphatic rings. The minimum absolute atomic E-state index is 0.174. The van der Waals surface area contributed by atoms with Crippen LogP contribution in [0.25, 0.3) is 0 Å². The summed E-state index contributed by atoms with van der Waals surface area (Å²) in [5, 5.41) is 0. The summed E-state index contributed by atoms with van der Waals surface area (Å²) >= 11 is 3.35. The van der Waals surface area contributed by atoms with Crippen LogP contribution < -0.4 is 15.4 Å². The summed E-state index contributed by atoms with van der Waals surface area (Å²) < 4.78 is 6.11. The fraction of sp³-hybridized carbons (Fsp3) is 0.133. The molecule has 0 aliphatic carbocycles. The molecule has 0 aliphatic heterocycles. The molecule has 4 nitrogen and oxygen atoms in total. The Morgan fingerprint density at radius 1 is 1.25 bits per heavy atom. The lowest BCUT2D eigenvalue weighted by atomic mass is 10.1. The molecule has 0 saturated carbocycles. The van der Waals surface area contributed by atoms with Gasteiger partial charge in [-0.05, 0) is 30.3 Å². The number of hydrogen-bond acceptors (Lipinski definition) is 3. The normalized spacial score (nSPS) is 10.2. The van der Waals surface area contributed by atoms with Crippen molar-refractivity contribution in [2.24, 2.45) is 0 Å². The average molecular weight is 335 g/mol. The van der Waals surface area contributed by atoms with Crippen LogP contribution in [0.5, 0.6) is 5.75 Å². The predicted octanol–water partition coefficient (Wildman–Crippen LogP) is 3.32. The first-order valence-corrected chi connectivity index (χ1v) is 6.80. The highest BCUT2D eigenvalue weighted by molar-refractivity contribution is 9.10. The molecular formula is C15H15BrN2O2. The number of hydrogen-bond donors (Lipinski definition) is 1. The van der Waals surface area contributed by atoms with Crippen LogP contribution in [0.1, 0.15) is 10.4 Å². The van der Waals surface area contributed by atoms with Crippen molar-refractivity contribution in [3.8, 4) is 5.75 Å². The first-order valence-electron chi connectivity index (χ1n) is 6.00. The van der Waals surface area contributed by atoms with Gasteiger partial charge >= 0.3 is 0 Å². The number of nitrogen functional groups attached to an aromatic ring is 1.